The number of carboxylic acids is 1. The van der Waals surface area contributed by atoms with Crippen LogP contribution in [0.1, 0.15) is 36.4 Å². The van der Waals surface area contributed by atoms with Gasteiger partial charge in [0.15, 0.2) is 5.76 Å². The van der Waals surface area contributed by atoms with Gasteiger partial charge in [0.1, 0.15) is 40.0 Å². The molecule has 38 heavy (non-hydrogen) atoms. The van der Waals surface area contributed by atoms with E-state index in [2.05, 4.69) is 15.1 Å². The van der Waals surface area contributed by atoms with Crippen LogP contribution in [0.4, 0.5) is 0 Å². The Balaban J connectivity index is 1.24. The summed E-state index contributed by atoms with van der Waals surface area (Å²) in [4.78, 5) is 21.0. The van der Waals surface area contributed by atoms with Crippen molar-refractivity contribution in [2.75, 3.05) is 14.2 Å². The van der Waals surface area contributed by atoms with Gasteiger partial charge in [-0.25, -0.2) is 9.97 Å². The van der Waals surface area contributed by atoms with Crippen molar-refractivity contribution in [2.45, 2.75) is 37.9 Å². The fourth-order valence-electron chi connectivity index (χ4n) is 4.67. The lowest BCUT2D eigenvalue weighted by Crippen LogP contribution is -2.33. The first-order chi connectivity index (χ1) is 18.4. The average molecular weight is 557 g/mol. The molecule has 0 bridgehead atoms. The van der Waals surface area contributed by atoms with E-state index in [9.17, 15) is 15.0 Å². The van der Waals surface area contributed by atoms with Gasteiger partial charge < -0.3 is 28.8 Å². The van der Waals surface area contributed by atoms with Crippen LogP contribution in [-0.4, -0.2) is 50.0 Å². The first-order valence-electron chi connectivity index (χ1n) is 11.9. The number of methoxy groups -OCH3 is 2. The summed E-state index contributed by atoms with van der Waals surface area (Å²) in [6.07, 6.45) is 3.30. The highest BCUT2D eigenvalue weighted by atomic mass is 32.1. The number of nitrogens with zero attached hydrogens (tertiary/aromatic N) is 4. The highest BCUT2D eigenvalue weighted by Gasteiger charge is 2.39. The SMILES string of the molecule is COc1cc(OCc2csc(C3(O)CCC(C(=O)O)CC3)n2)c2cc(-c3cnc4sc(OC)nn34)oc2c1. The van der Waals surface area contributed by atoms with Crippen molar-refractivity contribution in [1.29, 1.82) is 0 Å². The summed E-state index contributed by atoms with van der Waals surface area (Å²) in [6, 6.07) is 5.44. The second kappa shape index (κ2) is 9.57. The van der Waals surface area contributed by atoms with E-state index in [1.807, 2.05) is 11.4 Å². The number of imidazole rings is 1. The zero-order valence-electron chi connectivity index (χ0n) is 20.5. The number of rotatable bonds is 8. The molecule has 1 saturated carbocycles. The third kappa shape index (κ3) is 4.36. The van der Waals surface area contributed by atoms with Gasteiger partial charge in [0, 0.05) is 17.5 Å². The van der Waals surface area contributed by atoms with E-state index in [1.165, 1.54) is 22.7 Å². The minimum Gasteiger partial charge on any atom is -0.496 e. The summed E-state index contributed by atoms with van der Waals surface area (Å²) in [7, 11) is 3.13. The van der Waals surface area contributed by atoms with Crippen LogP contribution in [0.5, 0.6) is 16.7 Å². The highest BCUT2D eigenvalue weighted by Crippen LogP contribution is 2.41. The number of hydrogen-bond acceptors (Lipinski definition) is 11. The molecule has 13 heteroatoms. The first-order valence-corrected chi connectivity index (χ1v) is 13.6. The molecule has 198 valence electrons. The first kappa shape index (κ1) is 24.6. The van der Waals surface area contributed by atoms with Crippen molar-refractivity contribution < 1.29 is 33.6 Å². The normalized spacial score (nSPS) is 19.7. The van der Waals surface area contributed by atoms with Crippen molar-refractivity contribution in [3.8, 4) is 28.1 Å². The Morgan fingerprint density at radius 3 is 2.79 bits per heavy atom. The largest absolute Gasteiger partial charge is 0.496 e. The molecule has 11 nitrogen and oxygen atoms in total. The maximum Gasteiger partial charge on any atom is 0.306 e. The maximum absolute atomic E-state index is 11.3. The number of thiazole rings is 1. The molecule has 0 amide bonds. The fourth-order valence-corrected chi connectivity index (χ4v) is 6.32. The Kier molecular flexibility index (Phi) is 6.20. The number of fused-ring (bicyclic) bond motifs is 2. The van der Waals surface area contributed by atoms with Gasteiger partial charge in [0.2, 0.25) is 4.96 Å². The summed E-state index contributed by atoms with van der Waals surface area (Å²) >= 11 is 2.69. The lowest BCUT2D eigenvalue weighted by Gasteiger charge is -2.32. The smallest absolute Gasteiger partial charge is 0.306 e. The topological polar surface area (TPSA) is 141 Å². The highest BCUT2D eigenvalue weighted by molar-refractivity contribution is 7.18. The number of aliphatic hydroxyl groups is 1. The van der Waals surface area contributed by atoms with Crippen LogP contribution in [0, 0.1) is 5.92 Å². The van der Waals surface area contributed by atoms with Crippen LogP contribution < -0.4 is 14.2 Å². The molecule has 1 aromatic carbocycles. The fraction of sp³-hybridized carbons (Fsp3) is 0.360. The van der Waals surface area contributed by atoms with Crippen molar-refractivity contribution in [1.82, 2.24) is 19.6 Å². The number of aliphatic carboxylic acids is 1. The van der Waals surface area contributed by atoms with Crippen LogP contribution in [0.25, 0.3) is 27.4 Å². The molecule has 4 heterocycles. The van der Waals surface area contributed by atoms with E-state index in [-0.39, 0.29) is 6.61 Å². The molecule has 2 N–H and O–H groups in total. The standard InChI is InChI=1S/C25H24N4O7S2/c1-33-15-7-18(35-11-14-12-37-22(27-14)25(32)5-3-13(4-6-25)21(30)31)16-9-20(36-19(16)8-15)17-10-26-23-29(17)28-24(34-2)38-23/h7-10,12-13,32H,3-6,11H2,1-2H3,(H,30,31). The lowest BCUT2D eigenvalue weighted by molar-refractivity contribution is -0.145. The Hall–Kier alpha value is -3.68. The summed E-state index contributed by atoms with van der Waals surface area (Å²) < 4.78 is 24.6. The quantitative estimate of drug-likeness (QED) is 0.276. The monoisotopic (exact) mass is 556 g/mol. The second-order valence-electron chi connectivity index (χ2n) is 9.13. The summed E-state index contributed by atoms with van der Waals surface area (Å²) in [6.45, 7) is 0.174. The Morgan fingerprint density at radius 2 is 2.05 bits per heavy atom. The lowest BCUT2D eigenvalue weighted by atomic mass is 9.79. The van der Waals surface area contributed by atoms with Crippen molar-refractivity contribution in [2.24, 2.45) is 5.92 Å². The minimum atomic E-state index is -1.10. The van der Waals surface area contributed by atoms with Crippen LogP contribution >= 0.6 is 22.7 Å². The van der Waals surface area contributed by atoms with E-state index < -0.39 is 17.5 Å². The molecule has 0 unspecified atom stereocenters. The zero-order valence-corrected chi connectivity index (χ0v) is 22.2. The molecule has 0 atom stereocenters. The third-order valence-electron chi connectivity index (χ3n) is 6.79. The van der Waals surface area contributed by atoms with E-state index in [0.29, 0.717) is 75.1 Å². The molecule has 1 fully saturated rings. The number of benzene rings is 1. The molecule has 0 spiro atoms. The molecular weight excluding hydrogens is 532 g/mol. The molecular formula is C25H24N4O7S2. The minimum absolute atomic E-state index is 0.174. The van der Waals surface area contributed by atoms with Crippen LogP contribution in [0.15, 0.2) is 34.2 Å². The zero-order chi connectivity index (χ0) is 26.4. The van der Waals surface area contributed by atoms with Crippen molar-refractivity contribution in [3.05, 3.63) is 40.5 Å². The number of ether oxygens (including phenoxy) is 3. The van der Waals surface area contributed by atoms with Crippen molar-refractivity contribution in [3.63, 3.8) is 0 Å². The number of carboxylic acid groups (broad SMARTS) is 1. The molecule has 0 radical (unpaired) electrons. The Bertz CT molecular complexity index is 1630. The predicted octanol–water partition coefficient (Wildman–Crippen LogP) is 4.72. The molecule has 1 aliphatic rings. The van der Waals surface area contributed by atoms with Gasteiger partial charge in [-0.1, -0.05) is 0 Å². The Labute approximate surface area is 224 Å². The van der Waals surface area contributed by atoms with Crippen LogP contribution in [0.3, 0.4) is 0 Å². The number of hydrogen-bond donors (Lipinski definition) is 2. The number of aromatic nitrogens is 4. The van der Waals surface area contributed by atoms with Gasteiger partial charge in [-0.15, -0.1) is 16.4 Å². The van der Waals surface area contributed by atoms with E-state index in [1.54, 1.807) is 37.1 Å². The van der Waals surface area contributed by atoms with E-state index in [4.69, 9.17) is 18.6 Å². The van der Waals surface area contributed by atoms with Crippen molar-refractivity contribution >= 4 is 44.6 Å². The maximum atomic E-state index is 11.3. The molecule has 4 aromatic heterocycles. The number of carbonyl (C=O) groups is 1. The van der Waals surface area contributed by atoms with Gasteiger partial charge in [-0.05, 0) is 43.1 Å². The van der Waals surface area contributed by atoms with Crippen LogP contribution in [0.2, 0.25) is 0 Å². The van der Waals surface area contributed by atoms with Gasteiger partial charge in [0.05, 0.1) is 37.4 Å². The summed E-state index contributed by atoms with van der Waals surface area (Å²) in [5.74, 6) is 0.473. The number of furan rings is 1. The summed E-state index contributed by atoms with van der Waals surface area (Å²) in [5, 5.41) is 28.4. The van der Waals surface area contributed by atoms with E-state index >= 15 is 0 Å². The predicted molar refractivity (Wildman–Crippen MR) is 139 cm³/mol. The average Bonchev–Trinajstić information content (AvgIpc) is 3.70. The molecule has 5 aromatic rings. The molecule has 0 aliphatic heterocycles. The molecule has 0 saturated heterocycles. The third-order valence-corrected chi connectivity index (χ3v) is 8.76. The van der Waals surface area contributed by atoms with Gasteiger partial charge in [-0.3, -0.25) is 4.79 Å². The Morgan fingerprint density at radius 1 is 1.24 bits per heavy atom. The summed E-state index contributed by atoms with van der Waals surface area (Å²) in [5.41, 5.74) is 0.822. The molecule has 1 aliphatic carbocycles. The van der Waals surface area contributed by atoms with Crippen LogP contribution in [-0.2, 0) is 17.0 Å². The molecule has 6 rings (SSSR count). The van der Waals surface area contributed by atoms with Gasteiger partial charge >= 0.3 is 5.97 Å². The second-order valence-corrected chi connectivity index (χ2v) is 10.9. The van der Waals surface area contributed by atoms with Gasteiger partial charge in [-0.2, -0.15) is 4.52 Å². The van der Waals surface area contributed by atoms with Gasteiger partial charge in [0.25, 0.3) is 5.19 Å². The van der Waals surface area contributed by atoms with E-state index in [0.717, 1.165) is 5.39 Å².